The summed E-state index contributed by atoms with van der Waals surface area (Å²) in [5.74, 6) is -0.00756. The first-order chi connectivity index (χ1) is 20.3. The SMILES string of the molecule is CC(=O)Nc1cccc2c(-c3nc(C(=O)Nc4ccc(N(C)C)cc4)c4n3CCN(C(=O)c3ccc[nH]3)C4)cccc12. The number of H-pyrrole nitrogens is 1. The number of rotatable bonds is 6. The summed E-state index contributed by atoms with van der Waals surface area (Å²) in [5.41, 5.74) is 4.62. The van der Waals surface area contributed by atoms with Gasteiger partial charge in [0.05, 0.1) is 12.2 Å². The minimum absolute atomic E-state index is 0.134. The molecule has 1 aliphatic heterocycles. The maximum absolute atomic E-state index is 13.7. The molecule has 6 rings (SSSR count). The zero-order chi connectivity index (χ0) is 29.4. The molecule has 2 aromatic heterocycles. The number of nitrogens with zero attached hydrogens (tertiary/aromatic N) is 4. The third-order valence-electron chi connectivity index (χ3n) is 7.45. The molecule has 3 amide bonds. The molecule has 0 bridgehead atoms. The van der Waals surface area contributed by atoms with Gasteiger partial charge in [-0.2, -0.15) is 0 Å². The molecule has 3 aromatic carbocycles. The third kappa shape index (κ3) is 4.98. The molecular formula is C32H31N7O3. The third-order valence-corrected chi connectivity index (χ3v) is 7.45. The molecular weight excluding hydrogens is 530 g/mol. The van der Waals surface area contributed by atoms with Gasteiger partial charge in [0.2, 0.25) is 5.91 Å². The Labute approximate surface area is 243 Å². The number of hydrogen-bond acceptors (Lipinski definition) is 5. The summed E-state index contributed by atoms with van der Waals surface area (Å²) < 4.78 is 2.03. The Kier molecular flexibility index (Phi) is 6.95. The topological polar surface area (TPSA) is 115 Å². The summed E-state index contributed by atoms with van der Waals surface area (Å²) in [4.78, 5) is 50.4. The van der Waals surface area contributed by atoms with Crippen LogP contribution in [-0.2, 0) is 17.9 Å². The number of nitrogens with one attached hydrogen (secondary N) is 3. The van der Waals surface area contributed by atoms with Crippen molar-refractivity contribution in [3.63, 3.8) is 0 Å². The lowest BCUT2D eigenvalue weighted by molar-refractivity contribution is -0.114. The van der Waals surface area contributed by atoms with Gasteiger partial charge in [-0.05, 0) is 47.9 Å². The van der Waals surface area contributed by atoms with Crippen molar-refractivity contribution in [3.05, 3.63) is 96.1 Å². The second kappa shape index (κ2) is 10.9. The summed E-state index contributed by atoms with van der Waals surface area (Å²) in [6, 6.07) is 22.7. The largest absolute Gasteiger partial charge is 0.378 e. The second-order valence-corrected chi connectivity index (χ2v) is 10.5. The normalized spacial score (nSPS) is 12.6. The van der Waals surface area contributed by atoms with Crippen molar-refractivity contribution >= 4 is 45.6 Å². The predicted octanol–water partition coefficient (Wildman–Crippen LogP) is 4.96. The first-order valence-electron chi connectivity index (χ1n) is 13.7. The average Bonchev–Trinajstić information content (AvgIpc) is 3.65. The summed E-state index contributed by atoms with van der Waals surface area (Å²) in [6.07, 6.45) is 1.72. The maximum Gasteiger partial charge on any atom is 0.276 e. The molecule has 0 spiro atoms. The summed E-state index contributed by atoms with van der Waals surface area (Å²) in [5, 5.41) is 7.66. The lowest BCUT2D eigenvalue weighted by Gasteiger charge is -2.29. The zero-order valence-electron chi connectivity index (χ0n) is 23.6. The van der Waals surface area contributed by atoms with E-state index in [4.69, 9.17) is 4.98 Å². The van der Waals surface area contributed by atoms with E-state index in [2.05, 4.69) is 15.6 Å². The number of fused-ring (bicyclic) bond motifs is 2. The van der Waals surface area contributed by atoms with Crippen LogP contribution in [0.15, 0.2) is 79.0 Å². The monoisotopic (exact) mass is 561 g/mol. The number of anilines is 3. The number of hydrogen-bond donors (Lipinski definition) is 3. The van der Waals surface area contributed by atoms with Gasteiger partial charge in [-0.25, -0.2) is 4.98 Å². The van der Waals surface area contributed by atoms with Crippen LogP contribution in [-0.4, -0.2) is 57.8 Å². The van der Waals surface area contributed by atoms with Gasteiger partial charge < -0.3 is 30.0 Å². The molecule has 0 unspecified atom stereocenters. The summed E-state index contributed by atoms with van der Waals surface area (Å²) in [7, 11) is 3.92. The Morgan fingerprint density at radius 2 is 1.64 bits per heavy atom. The van der Waals surface area contributed by atoms with Gasteiger partial charge in [-0.15, -0.1) is 0 Å². The molecule has 3 heterocycles. The fraction of sp³-hybridized carbons (Fsp3) is 0.188. The Bertz CT molecular complexity index is 1800. The molecule has 0 radical (unpaired) electrons. The molecule has 10 nitrogen and oxygen atoms in total. The van der Waals surface area contributed by atoms with E-state index in [0.29, 0.717) is 41.7 Å². The molecule has 0 aliphatic carbocycles. The highest BCUT2D eigenvalue weighted by Crippen LogP contribution is 2.35. The van der Waals surface area contributed by atoms with Gasteiger partial charge in [0.15, 0.2) is 5.69 Å². The molecule has 0 atom stereocenters. The average molecular weight is 562 g/mol. The molecule has 0 saturated heterocycles. The van der Waals surface area contributed by atoms with Gasteiger partial charge >= 0.3 is 0 Å². The standard InChI is InChI=1S/C32H31N7O3/c1-20(40)34-26-10-5-7-23-24(26)8-4-9-25(23)30-36-29(31(41)35-21-12-14-22(15-13-21)37(2)3)28-19-38(17-18-39(28)30)32(42)27-11-6-16-33-27/h4-16,33H,17-19H2,1-3H3,(H,34,40)(H,35,41). The van der Waals surface area contributed by atoms with Crippen LogP contribution in [0.4, 0.5) is 17.1 Å². The van der Waals surface area contributed by atoms with E-state index in [1.807, 2.05) is 84.2 Å². The zero-order valence-corrected chi connectivity index (χ0v) is 23.6. The van der Waals surface area contributed by atoms with E-state index in [1.54, 1.807) is 23.2 Å². The van der Waals surface area contributed by atoms with Gasteiger partial charge in [0.25, 0.3) is 11.8 Å². The van der Waals surface area contributed by atoms with Crippen molar-refractivity contribution in [1.29, 1.82) is 0 Å². The molecule has 42 heavy (non-hydrogen) atoms. The number of carbonyl (C=O) groups is 3. The molecule has 0 fully saturated rings. The van der Waals surface area contributed by atoms with Crippen LogP contribution in [0.5, 0.6) is 0 Å². The molecule has 10 heteroatoms. The lowest BCUT2D eigenvalue weighted by atomic mass is 10.0. The summed E-state index contributed by atoms with van der Waals surface area (Å²) >= 11 is 0. The van der Waals surface area contributed by atoms with Crippen LogP contribution in [0.2, 0.25) is 0 Å². The smallest absolute Gasteiger partial charge is 0.276 e. The molecule has 3 N–H and O–H groups in total. The number of aromatic amines is 1. The van der Waals surface area contributed by atoms with Crippen LogP contribution in [0.25, 0.3) is 22.2 Å². The van der Waals surface area contributed by atoms with Crippen molar-refractivity contribution in [2.45, 2.75) is 20.0 Å². The van der Waals surface area contributed by atoms with Gasteiger partial charge in [0.1, 0.15) is 11.5 Å². The Morgan fingerprint density at radius 3 is 2.36 bits per heavy atom. The van der Waals surface area contributed by atoms with E-state index in [1.165, 1.54) is 6.92 Å². The van der Waals surface area contributed by atoms with Crippen molar-refractivity contribution in [1.82, 2.24) is 19.4 Å². The Balaban J connectivity index is 1.43. The minimum Gasteiger partial charge on any atom is -0.378 e. The van der Waals surface area contributed by atoms with Crippen molar-refractivity contribution in [2.24, 2.45) is 0 Å². The van der Waals surface area contributed by atoms with Crippen LogP contribution in [0.3, 0.4) is 0 Å². The van der Waals surface area contributed by atoms with Crippen molar-refractivity contribution in [2.75, 3.05) is 36.2 Å². The number of imidazole rings is 1. The van der Waals surface area contributed by atoms with E-state index < -0.39 is 0 Å². The number of benzene rings is 3. The minimum atomic E-state index is -0.351. The van der Waals surface area contributed by atoms with Gasteiger partial charge in [0, 0.05) is 68.3 Å². The van der Waals surface area contributed by atoms with Crippen LogP contribution >= 0.6 is 0 Å². The quantitative estimate of drug-likeness (QED) is 0.271. The molecule has 5 aromatic rings. The number of aromatic nitrogens is 3. The first kappa shape index (κ1) is 26.8. The van der Waals surface area contributed by atoms with Crippen LogP contribution < -0.4 is 15.5 Å². The Morgan fingerprint density at radius 1 is 0.881 bits per heavy atom. The van der Waals surface area contributed by atoms with E-state index in [9.17, 15) is 14.4 Å². The Hall–Kier alpha value is -5.38. The highest BCUT2D eigenvalue weighted by Gasteiger charge is 2.31. The maximum atomic E-state index is 13.7. The van der Waals surface area contributed by atoms with E-state index >= 15 is 0 Å². The van der Waals surface area contributed by atoms with E-state index in [0.717, 1.165) is 22.0 Å². The number of amides is 3. The number of carbonyl (C=O) groups excluding carboxylic acids is 3. The second-order valence-electron chi connectivity index (χ2n) is 10.5. The highest BCUT2D eigenvalue weighted by atomic mass is 16.2. The van der Waals surface area contributed by atoms with Gasteiger partial charge in [-0.3, -0.25) is 14.4 Å². The fourth-order valence-corrected chi connectivity index (χ4v) is 5.40. The summed E-state index contributed by atoms with van der Waals surface area (Å²) in [6.45, 7) is 2.64. The first-order valence-corrected chi connectivity index (χ1v) is 13.7. The van der Waals surface area contributed by atoms with E-state index in [-0.39, 0.29) is 30.0 Å². The fourth-order valence-electron chi connectivity index (χ4n) is 5.40. The molecule has 212 valence electrons. The molecule has 1 aliphatic rings. The lowest BCUT2D eigenvalue weighted by Crippen LogP contribution is -2.39. The van der Waals surface area contributed by atoms with Crippen molar-refractivity contribution in [3.8, 4) is 11.4 Å². The predicted molar refractivity (Wildman–Crippen MR) is 164 cm³/mol. The molecule has 0 saturated carbocycles. The highest BCUT2D eigenvalue weighted by molar-refractivity contribution is 6.08. The van der Waals surface area contributed by atoms with Crippen molar-refractivity contribution < 1.29 is 14.4 Å². The van der Waals surface area contributed by atoms with Gasteiger partial charge in [-0.1, -0.05) is 30.3 Å². The van der Waals surface area contributed by atoms with Crippen LogP contribution in [0.1, 0.15) is 33.6 Å². The van der Waals surface area contributed by atoms with Crippen LogP contribution in [0, 0.1) is 0 Å².